The zero-order valence-electron chi connectivity index (χ0n) is 9.24. The third-order valence-corrected chi connectivity index (χ3v) is 2.85. The predicted molar refractivity (Wildman–Crippen MR) is 66.6 cm³/mol. The topological polar surface area (TPSA) is 55.1 Å². The van der Waals surface area contributed by atoms with Gasteiger partial charge in [0.15, 0.2) is 4.67 Å². The zero-order valence-corrected chi connectivity index (χ0v) is 10.8. The van der Waals surface area contributed by atoms with Gasteiger partial charge in [-0.3, -0.25) is 9.78 Å². The van der Waals surface area contributed by atoms with Gasteiger partial charge in [0, 0.05) is 5.69 Å². The van der Waals surface area contributed by atoms with Crippen molar-refractivity contribution < 1.29 is 9.21 Å². The first-order valence-electron chi connectivity index (χ1n) is 5.10. The van der Waals surface area contributed by atoms with E-state index >= 15 is 0 Å². The lowest BCUT2D eigenvalue weighted by Crippen LogP contribution is -2.23. The fraction of sp³-hybridized carbons (Fsp3) is 0.167. The lowest BCUT2D eigenvalue weighted by Gasteiger charge is -2.04. The van der Waals surface area contributed by atoms with Crippen molar-refractivity contribution in [1.82, 2.24) is 10.3 Å². The van der Waals surface area contributed by atoms with Gasteiger partial charge in [0.1, 0.15) is 0 Å². The molecule has 0 saturated heterocycles. The van der Waals surface area contributed by atoms with Gasteiger partial charge in [0.25, 0.3) is 5.91 Å². The van der Waals surface area contributed by atoms with Gasteiger partial charge in [-0.15, -0.1) is 0 Å². The number of aromatic nitrogens is 1. The minimum absolute atomic E-state index is 0.186. The molecule has 0 aliphatic heterocycles. The Kier molecular flexibility index (Phi) is 3.58. The van der Waals surface area contributed by atoms with Gasteiger partial charge in [-0.25, -0.2) is 0 Å². The summed E-state index contributed by atoms with van der Waals surface area (Å²) in [4.78, 5) is 16.1. The molecule has 2 rings (SSSR count). The fourth-order valence-corrected chi connectivity index (χ4v) is 1.84. The third kappa shape index (κ3) is 2.94. The van der Waals surface area contributed by atoms with E-state index in [1.807, 2.05) is 25.1 Å². The largest absolute Gasteiger partial charge is 0.457 e. The van der Waals surface area contributed by atoms with Crippen LogP contribution in [0.25, 0.3) is 0 Å². The Morgan fingerprint density at radius 1 is 1.47 bits per heavy atom. The molecule has 5 heteroatoms. The third-order valence-electron chi connectivity index (χ3n) is 2.24. The van der Waals surface area contributed by atoms with Gasteiger partial charge in [-0.05, 0) is 41.1 Å². The molecule has 0 unspecified atom stereocenters. The van der Waals surface area contributed by atoms with Crippen LogP contribution in [0.3, 0.4) is 0 Å². The average Bonchev–Trinajstić information content (AvgIpc) is 2.72. The van der Waals surface area contributed by atoms with Crippen LogP contribution >= 0.6 is 15.9 Å². The number of furan rings is 1. The summed E-state index contributed by atoms with van der Waals surface area (Å²) < 4.78 is 5.43. The number of aryl methyl sites for hydroxylation is 1. The highest BCUT2D eigenvalue weighted by Gasteiger charge is 2.11. The predicted octanol–water partition coefficient (Wildman–Crippen LogP) is 2.68. The van der Waals surface area contributed by atoms with Crippen molar-refractivity contribution in [3.8, 4) is 0 Å². The molecule has 0 aliphatic carbocycles. The normalized spacial score (nSPS) is 10.2. The molecule has 1 N–H and O–H groups in total. The summed E-state index contributed by atoms with van der Waals surface area (Å²) in [5, 5.41) is 2.78. The molecular weight excluding hydrogens is 284 g/mol. The molecule has 4 nitrogen and oxygen atoms in total. The minimum atomic E-state index is -0.186. The monoisotopic (exact) mass is 294 g/mol. The van der Waals surface area contributed by atoms with E-state index < -0.39 is 0 Å². The van der Waals surface area contributed by atoms with Crippen molar-refractivity contribution >= 4 is 21.8 Å². The number of hydrogen-bond donors (Lipinski definition) is 1. The second-order valence-corrected chi connectivity index (χ2v) is 4.28. The molecule has 17 heavy (non-hydrogen) atoms. The summed E-state index contributed by atoms with van der Waals surface area (Å²) in [6.45, 7) is 2.32. The minimum Gasteiger partial charge on any atom is -0.457 e. The van der Waals surface area contributed by atoms with Crippen LogP contribution in [0.15, 0.2) is 39.6 Å². The van der Waals surface area contributed by atoms with E-state index in [4.69, 9.17) is 4.42 Å². The number of pyridine rings is 1. The number of hydrogen-bond acceptors (Lipinski definition) is 3. The van der Waals surface area contributed by atoms with Crippen LogP contribution in [0, 0.1) is 6.92 Å². The zero-order chi connectivity index (χ0) is 12.3. The summed E-state index contributed by atoms with van der Waals surface area (Å²) in [7, 11) is 0. The van der Waals surface area contributed by atoms with Gasteiger partial charge in [-0.2, -0.15) is 0 Å². The second kappa shape index (κ2) is 5.14. The molecule has 1 amide bonds. The first-order chi connectivity index (χ1) is 8.16. The van der Waals surface area contributed by atoms with Crippen molar-refractivity contribution in [2.45, 2.75) is 13.5 Å². The van der Waals surface area contributed by atoms with Gasteiger partial charge in [0.2, 0.25) is 0 Å². The van der Waals surface area contributed by atoms with Gasteiger partial charge in [0.05, 0.1) is 24.1 Å². The Hall–Kier alpha value is -1.62. The summed E-state index contributed by atoms with van der Waals surface area (Å²) in [5.74, 6) is -0.186. The Morgan fingerprint density at radius 2 is 2.29 bits per heavy atom. The smallest absolute Gasteiger partial charge is 0.256 e. The summed E-state index contributed by atoms with van der Waals surface area (Å²) >= 11 is 3.16. The van der Waals surface area contributed by atoms with E-state index in [0.29, 0.717) is 16.8 Å². The molecular formula is C12H11BrN2O2. The summed E-state index contributed by atoms with van der Waals surface area (Å²) in [5.41, 5.74) is 2.25. The van der Waals surface area contributed by atoms with Gasteiger partial charge < -0.3 is 9.73 Å². The van der Waals surface area contributed by atoms with Crippen LogP contribution in [0.1, 0.15) is 21.7 Å². The molecule has 0 radical (unpaired) electrons. The van der Waals surface area contributed by atoms with Crippen LogP contribution in [0.2, 0.25) is 0 Å². The molecule has 0 bridgehead atoms. The number of rotatable bonds is 3. The van der Waals surface area contributed by atoms with Crippen LogP contribution < -0.4 is 5.32 Å². The molecule has 2 aromatic rings. The summed E-state index contributed by atoms with van der Waals surface area (Å²) in [6, 6.07) is 7.32. The number of halogens is 1. The molecule has 0 spiro atoms. The van der Waals surface area contributed by atoms with E-state index in [2.05, 4.69) is 26.2 Å². The lowest BCUT2D eigenvalue weighted by atomic mass is 10.3. The maximum Gasteiger partial charge on any atom is 0.256 e. The van der Waals surface area contributed by atoms with Crippen molar-refractivity contribution in [2.24, 2.45) is 0 Å². The first kappa shape index (κ1) is 11.9. The highest BCUT2D eigenvalue weighted by Crippen LogP contribution is 2.17. The number of carbonyl (C=O) groups excluding carboxylic acids is 1. The number of nitrogens with zero attached hydrogens (tertiary/aromatic N) is 1. The summed E-state index contributed by atoms with van der Waals surface area (Å²) in [6.07, 6.45) is 1.46. The second-order valence-electron chi connectivity index (χ2n) is 3.56. The molecule has 0 fully saturated rings. The van der Waals surface area contributed by atoms with E-state index in [0.717, 1.165) is 11.4 Å². The lowest BCUT2D eigenvalue weighted by molar-refractivity contribution is 0.0948. The number of amides is 1. The Balaban J connectivity index is 1.99. The van der Waals surface area contributed by atoms with E-state index in [9.17, 15) is 4.79 Å². The Morgan fingerprint density at radius 3 is 2.94 bits per heavy atom. The standard InChI is InChI=1S/C12H11BrN2O2/c1-8-3-2-4-9(15-8)7-14-12(16)10-5-6-17-11(10)13/h2-6H,7H2,1H3,(H,14,16). The Labute approximate surface area is 107 Å². The molecule has 0 atom stereocenters. The van der Waals surface area contributed by atoms with Crippen LogP contribution in [0.5, 0.6) is 0 Å². The van der Waals surface area contributed by atoms with Gasteiger partial charge >= 0.3 is 0 Å². The van der Waals surface area contributed by atoms with E-state index in [1.54, 1.807) is 6.07 Å². The van der Waals surface area contributed by atoms with Crippen molar-refractivity contribution in [1.29, 1.82) is 0 Å². The first-order valence-corrected chi connectivity index (χ1v) is 5.90. The van der Waals surface area contributed by atoms with E-state index in [1.165, 1.54) is 6.26 Å². The number of carbonyl (C=O) groups is 1. The molecule has 0 saturated carbocycles. The number of nitrogens with one attached hydrogen (secondary N) is 1. The fourth-order valence-electron chi connectivity index (χ4n) is 1.42. The van der Waals surface area contributed by atoms with Crippen LogP contribution in [-0.2, 0) is 6.54 Å². The SMILES string of the molecule is Cc1cccc(CNC(=O)c2ccoc2Br)n1. The van der Waals surface area contributed by atoms with Crippen LogP contribution in [0.4, 0.5) is 0 Å². The van der Waals surface area contributed by atoms with Gasteiger partial charge in [-0.1, -0.05) is 6.07 Å². The average molecular weight is 295 g/mol. The molecule has 2 heterocycles. The highest BCUT2D eigenvalue weighted by molar-refractivity contribution is 9.10. The van der Waals surface area contributed by atoms with E-state index in [-0.39, 0.29) is 5.91 Å². The highest BCUT2D eigenvalue weighted by atomic mass is 79.9. The van der Waals surface area contributed by atoms with Crippen molar-refractivity contribution in [3.63, 3.8) is 0 Å². The van der Waals surface area contributed by atoms with Crippen molar-refractivity contribution in [3.05, 3.63) is 52.1 Å². The Bertz CT molecular complexity index is 537. The molecule has 2 aromatic heterocycles. The molecule has 88 valence electrons. The van der Waals surface area contributed by atoms with Crippen molar-refractivity contribution in [2.75, 3.05) is 0 Å². The maximum atomic E-state index is 11.8. The van der Waals surface area contributed by atoms with Crippen LogP contribution in [-0.4, -0.2) is 10.9 Å². The quantitative estimate of drug-likeness (QED) is 0.947. The molecule has 0 aromatic carbocycles. The maximum absolute atomic E-state index is 11.8. The molecule has 0 aliphatic rings.